The lowest BCUT2D eigenvalue weighted by Crippen LogP contribution is -2.62. The first-order valence-corrected chi connectivity index (χ1v) is 5.97. The fourth-order valence-corrected chi connectivity index (χ4v) is 2.09. The zero-order valence-corrected chi connectivity index (χ0v) is 11.1. The Labute approximate surface area is 110 Å². The van der Waals surface area contributed by atoms with Crippen molar-refractivity contribution in [3.05, 3.63) is 17.7 Å². The third kappa shape index (κ3) is 2.20. The fraction of sp³-hybridized carbons (Fsp3) is 0.500. The van der Waals surface area contributed by atoms with Crippen LogP contribution in [0.1, 0.15) is 13.8 Å². The first-order valence-electron chi connectivity index (χ1n) is 5.97. The lowest BCUT2D eigenvalue weighted by molar-refractivity contribution is -0.126. The largest absolute Gasteiger partial charge is 0.371 e. The number of carbonyl (C=O) groups excluding carboxylic acids is 1. The van der Waals surface area contributed by atoms with E-state index in [-0.39, 0.29) is 17.5 Å². The Morgan fingerprint density at radius 2 is 2.11 bits per heavy atom. The standard InChI is InChI=1S/C12H16F2N4O/c1-12(2)11(19)16-4-5-18(12)10-8(14)6-7(13)9(15-3)17-10/h6H,4-5H2,1-3H3,(H,15,17)(H,16,19). The molecular weight excluding hydrogens is 254 g/mol. The van der Waals surface area contributed by atoms with Crippen LogP contribution in [0.4, 0.5) is 20.4 Å². The van der Waals surface area contributed by atoms with E-state index in [0.29, 0.717) is 13.1 Å². The van der Waals surface area contributed by atoms with Crippen molar-refractivity contribution in [3.8, 4) is 0 Å². The van der Waals surface area contributed by atoms with Crippen LogP contribution in [0, 0.1) is 11.6 Å². The molecular formula is C12H16F2N4O. The summed E-state index contributed by atoms with van der Waals surface area (Å²) in [6.45, 7) is 4.16. The molecule has 1 aromatic rings. The molecule has 0 atom stereocenters. The number of anilines is 2. The molecule has 5 nitrogen and oxygen atoms in total. The van der Waals surface area contributed by atoms with Crippen molar-refractivity contribution in [2.75, 3.05) is 30.4 Å². The highest BCUT2D eigenvalue weighted by Gasteiger charge is 2.39. The summed E-state index contributed by atoms with van der Waals surface area (Å²) in [5.41, 5.74) is -0.936. The summed E-state index contributed by atoms with van der Waals surface area (Å²) in [7, 11) is 1.50. The number of nitrogens with one attached hydrogen (secondary N) is 2. The van der Waals surface area contributed by atoms with Crippen molar-refractivity contribution in [1.29, 1.82) is 0 Å². The van der Waals surface area contributed by atoms with Gasteiger partial charge in [0.2, 0.25) is 5.91 Å². The normalized spacial score (nSPS) is 18.2. The van der Waals surface area contributed by atoms with Gasteiger partial charge in [-0.15, -0.1) is 0 Å². The molecule has 1 saturated heterocycles. The average Bonchev–Trinajstić information content (AvgIpc) is 2.34. The second kappa shape index (κ2) is 4.64. The van der Waals surface area contributed by atoms with Gasteiger partial charge in [-0.3, -0.25) is 4.79 Å². The zero-order chi connectivity index (χ0) is 14.2. The lowest BCUT2D eigenvalue weighted by atomic mass is 9.99. The molecule has 2 rings (SSSR count). The van der Waals surface area contributed by atoms with Crippen LogP contribution in [0.2, 0.25) is 0 Å². The van der Waals surface area contributed by atoms with Gasteiger partial charge in [-0.1, -0.05) is 0 Å². The van der Waals surface area contributed by atoms with E-state index in [2.05, 4.69) is 15.6 Å². The number of amides is 1. The highest BCUT2D eigenvalue weighted by Crippen LogP contribution is 2.29. The monoisotopic (exact) mass is 270 g/mol. The molecule has 1 fully saturated rings. The van der Waals surface area contributed by atoms with Crippen LogP contribution in [0.5, 0.6) is 0 Å². The first kappa shape index (κ1) is 13.5. The van der Waals surface area contributed by atoms with Crippen LogP contribution in [0.3, 0.4) is 0 Å². The number of pyridine rings is 1. The van der Waals surface area contributed by atoms with Crippen LogP contribution in [-0.4, -0.2) is 36.6 Å². The Kier molecular flexibility index (Phi) is 3.30. The van der Waals surface area contributed by atoms with E-state index < -0.39 is 17.2 Å². The number of aromatic nitrogens is 1. The van der Waals surface area contributed by atoms with E-state index in [0.717, 1.165) is 6.07 Å². The summed E-state index contributed by atoms with van der Waals surface area (Å²) in [5, 5.41) is 5.27. The van der Waals surface area contributed by atoms with E-state index in [1.807, 2.05) is 0 Å². The molecule has 0 saturated carbocycles. The molecule has 0 radical (unpaired) electrons. The summed E-state index contributed by atoms with van der Waals surface area (Å²) >= 11 is 0. The van der Waals surface area contributed by atoms with Gasteiger partial charge < -0.3 is 15.5 Å². The zero-order valence-electron chi connectivity index (χ0n) is 11.1. The van der Waals surface area contributed by atoms with Crippen LogP contribution in [-0.2, 0) is 4.79 Å². The fourth-order valence-electron chi connectivity index (χ4n) is 2.09. The predicted molar refractivity (Wildman–Crippen MR) is 68.1 cm³/mol. The summed E-state index contributed by atoms with van der Waals surface area (Å²) in [6, 6.07) is 0.775. The molecule has 19 heavy (non-hydrogen) atoms. The third-order valence-electron chi connectivity index (χ3n) is 3.25. The molecule has 0 unspecified atom stereocenters. The molecule has 0 spiro atoms. The molecule has 7 heteroatoms. The molecule has 0 aliphatic carbocycles. The quantitative estimate of drug-likeness (QED) is 0.845. The molecule has 0 bridgehead atoms. The van der Waals surface area contributed by atoms with Gasteiger partial charge in [0.05, 0.1) is 0 Å². The smallest absolute Gasteiger partial charge is 0.245 e. The minimum absolute atomic E-state index is 0.0226. The summed E-state index contributed by atoms with van der Waals surface area (Å²) < 4.78 is 27.3. The molecule has 1 aliphatic heterocycles. The molecule has 104 valence electrons. The molecule has 0 aromatic carbocycles. The topological polar surface area (TPSA) is 57.3 Å². The maximum Gasteiger partial charge on any atom is 0.245 e. The number of hydrogen-bond donors (Lipinski definition) is 2. The van der Waals surface area contributed by atoms with Gasteiger partial charge in [-0.2, -0.15) is 0 Å². The van der Waals surface area contributed by atoms with Gasteiger partial charge in [0, 0.05) is 26.2 Å². The summed E-state index contributed by atoms with van der Waals surface area (Å²) in [6.07, 6.45) is 0. The van der Waals surface area contributed by atoms with Crippen molar-refractivity contribution < 1.29 is 13.6 Å². The van der Waals surface area contributed by atoms with Gasteiger partial charge in [0.1, 0.15) is 5.54 Å². The van der Waals surface area contributed by atoms with E-state index in [4.69, 9.17) is 0 Å². The number of nitrogens with zero attached hydrogens (tertiary/aromatic N) is 2. The Hall–Kier alpha value is -1.92. The molecule has 1 aromatic heterocycles. The van der Waals surface area contributed by atoms with E-state index in [1.165, 1.54) is 7.05 Å². The van der Waals surface area contributed by atoms with Gasteiger partial charge in [0.25, 0.3) is 0 Å². The molecule has 1 aliphatic rings. The maximum atomic E-state index is 13.9. The summed E-state index contributed by atoms with van der Waals surface area (Å²) in [4.78, 5) is 17.3. The molecule has 2 N–H and O–H groups in total. The Morgan fingerprint density at radius 3 is 2.74 bits per heavy atom. The van der Waals surface area contributed by atoms with Gasteiger partial charge >= 0.3 is 0 Å². The highest BCUT2D eigenvalue weighted by atomic mass is 19.1. The van der Waals surface area contributed by atoms with Crippen molar-refractivity contribution in [3.63, 3.8) is 0 Å². The Bertz CT molecular complexity index is 519. The predicted octanol–water partition coefficient (Wildman–Crippen LogP) is 1.12. The van der Waals surface area contributed by atoms with Crippen LogP contribution in [0.25, 0.3) is 0 Å². The minimum Gasteiger partial charge on any atom is -0.371 e. The minimum atomic E-state index is -0.936. The van der Waals surface area contributed by atoms with Crippen molar-refractivity contribution >= 4 is 17.5 Å². The number of carbonyl (C=O) groups is 1. The number of hydrogen-bond acceptors (Lipinski definition) is 4. The lowest BCUT2D eigenvalue weighted by Gasteiger charge is -2.42. The van der Waals surface area contributed by atoms with Crippen LogP contribution in [0.15, 0.2) is 6.07 Å². The third-order valence-corrected chi connectivity index (χ3v) is 3.25. The second-order valence-corrected chi connectivity index (χ2v) is 4.84. The number of piperazine rings is 1. The van der Waals surface area contributed by atoms with E-state index in [9.17, 15) is 13.6 Å². The van der Waals surface area contributed by atoms with E-state index in [1.54, 1.807) is 18.7 Å². The maximum absolute atomic E-state index is 13.9. The van der Waals surface area contributed by atoms with Crippen molar-refractivity contribution in [1.82, 2.24) is 10.3 Å². The second-order valence-electron chi connectivity index (χ2n) is 4.84. The Morgan fingerprint density at radius 1 is 1.42 bits per heavy atom. The van der Waals surface area contributed by atoms with Crippen LogP contribution < -0.4 is 15.5 Å². The van der Waals surface area contributed by atoms with Crippen molar-refractivity contribution in [2.24, 2.45) is 0 Å². The van der Waals surface area contributed by atoms with Crippen LogP contribution >= 0.6 is 0 Å². The van der Waals surface area contributed by atoms with Gasteiger partial charge in [-0.05, 0) is 13.8 Å². The van der Waals surface area contributed by atoms with E-state index >= 15 is 0 Å². The molecule has 1 amide bonds. The highest BCUT2D eigenvalue weighted by molar-refractivity contribution is 5.90. The Balaban J connectivity index is 2.48. The summed E-state index contributed by atoms with van der Waals surface area (Å²) in [5.74, 6) is -1.82. The van der Waals surface area contributed by atoms with Crippen molar-refractivity contribution in [2.45, 2.75) is 19.4 Å². The SMILES string of the molecule is CNc1nc(N2CCNC(=O)C2(C)C)c(F)cc1F. The number of rotatable bonds is 2. The van der Waals surface area contributed by atoms with Gasteiger partial charge in [0.15, 0.2) is 23.3 Å². The van der Waals surface area contributed by atoms with Gasteiger partial charge in [-0.25, -0.2) is 13.8 Å². The number of halogens is 2. The molecule has 2 heterocycles. The average molecular weight is 270 g/mol. The first-order chi connectivity index (χ1) is 8.87.